The molecule has 2 heterocycles. The smallest absolute Gasteiger partial charge is 0.0300 e. The molecule has 1 aliphatic rings. The van der Waals surface area contributed by atoms with Gasteiger partial charge < -0.3 is 5.32 Å². The third-order valence-electron chi connectivity index (χ3n) is 3.37. The SMILES string of the molecule is CCCNC(Cc1cccnc1)C1CCSC1. The molecule has 1 N–H and O–H groups in total. The van der Waals surface area contributed by atoms with E-state index >= 15 is 0 Å². The monoisotopic (exact) mass is 250 g/mol. The van der Waals surface area contributed by atoms with Crippen molar-refractivity contribution in [3.05, 3.63) is 30.1 Å². The summed E-state index contributed by atoms with van der Waals surface area (Å²) in [5.74, 6) is 3.50. The van der Waals surface area contributed by atoms with Gasteiger partial charge in [-0.25, -0.2) is 0 Å². The van der Waals surface area contributed by atoms with Crippen molar-refractivity contribution in [1.29, 1.82) is 0 Å². The minimum absolute atomic E-state index is 0.633. The second-order valence-corrected chi connectivity index (χ2v) is 5.90. The summed E-state index contributed by atoms with van der Waals surface area (Å²) in [6, 6.07) is 4.86. The number of hydrogen-bond acceptors (Lipinski definition) is 3. The minimum atomic E-state index is 0.633. The number of aromatic nitrogens is 1. The van der Waals surface area contributed by atoms with Crippen LogP contribution in [0.3, 0.4) is 0 Å². The molecule has 2 unspecified atom stereocenters. The fraction of sp³-hybridized carbons (Fsp3) is 0.643. The highest BCUT2D eigenvalue weighted by Gasteiger charge is 2.24. The minimum Gasteiger partial charge on any atom is -0.313 e. The second-order valence-electron chi connectivity index (χ2n) is 4.75. The van der Waals surface area contributed by atoms with Gasteiger partial charge in [0, 0.05) is 18.4 Å². The van der Waals surface area contributed by atoms with E-state index in [4.69, 9.17) is 0 Å². The van der Waals surface area contributed by atoms with E-state index in [1.807, 2.05) is 18.5 Å². The third kappa shape index (κ3) is 4.00. The molecule has 0 aliphatic carbocycles. The highest BCUT2D eigenvalue weighted by molar-refractivity contribution is 7.99. The highest BCUT2D eigenvalue weighted by atomic mass is 32.2. The lowest BCUT2D eigenvalue weighted by Crippen LogP contribution is -2.38. The molecule has 1 saturated heterocycles. The topological polar surface area (TPSA) is 24.9 Å². The van der Waals surface area contributed by atoms with Crippen molar-refractivity contribution in [3.8, 4) is 0 Å². The number of hydrogen-bond donors (Lipinski definition) is 1. The molecule has 0 bridgehead atoms. The van der Waals surface area contributed by atoms with Crippen LogP contribution >= 0.6 is 11.8 Å². The maximum Gasteiger partial charge on any atom is 0.0300 e. The lowest BCUT2D eigenvalue weighted by atomic mass is 9.93. The van der Waals surface area contributed by atoms with E-state index in [9.17, 15) is 0 Å². The standard InChI is InChI=1S/C14H22N2S/c1-2-6-16-14(13-5-8-17-11-13)9-12-4-3-7-15-10-12/h3-4,7,10,13-14,16H,2,5-6,8-9,11H2,1H3. The molecular weight excluding hydrogens is 228 g/mol. The first-order valence-electron chi connectivity index (χ1n) is 6.60. The molecule has 1 aromatic heterocycles. The van der Waals surface area contributed by atoms with Crippen molar-refractivity contribution in [2.24, 2.45) is 5.92 Å². The first-order chi connectivity index (χ1) is 8.40. The van der Waals surface area contributed by atoms with Gasteiger partial charge in [0.1, 0.15) is 0 Å². The quantitative estimate of drug-likeness (QED) is 0.840. The number of rotatable bonds is 6. The van der Waals surface area contributed by atoms with Crippen molar-refractivity contribution in [2.45, 2.75) is 32.2 Å². The van der Waals surface area contributed by atoms with Gasteiger partial charge in [0.2, 0.25) is 0 Å². The molecule has 3 heteroatoms. The average molecular weight is 250 g/mol. The van der Waals surface area contributed by atoms with Crippen LogP contribution in [0.5, 0.6) is 0 Å². The molecule has 17 heavy (non-hydrogen) atoms. The summed E-state index contributed by atoms with van der Waals surface area (Å²) in [4.78, 5) is 4.21. The lowest BCUT2D eigenvalue weighted by Gasteiger charge is -2.24. The molecule has 1 fully saturated rings. The largest absolute Gasteiger partial charge is 0.313 e. The van der Waals surface area contributed by atoms with Crippen molar-refractivity contribution < 1.29 is 0 Å². The number of nitrogens with zero attached hydrogens (tertiary/aromatic N) is 1. The molecule has 2 nitrogen and oxygen atoms in total. The Morgan fingerprint density at radius 1 is 1.59 bits per heavy atom. The Morgan fingerprint density at radius 2 is 2.53 bits per heavy atom. The maximum atomic E-state index is 4.21. The molecule has 2 atom stereocenters. The van der Waals surface area contributed by atoms with Crippen LogP contribution in [-0.4, -0.2) is 29.1 Å². The van der Waals surface area contributed by atoms with Crippen molar-refractivity contribution >= 4 is 11.8 Å². The first-order valence-corrected chi connectivity index (χ1v) is 7.75. The summed E-state index contributed by atoms with van der Waals surface area (Å²) < 4.78 is 0. The van der Waals surface area contributed by atoms with Crippen molar-refractivity contribution in [3.63, 3.8) is 0 Å². The summed E-state index contributed by atoms with van der Waals surface area (Å²) in [7, 11) is 0. The zero-order valence-corrected chi connectivity index (χ0v) is 11.4. The van der Waals surface area contributed by atoms with E-state index in [-0.39, 0.29) is 0 Å². The molecule has 1 aliphatic heterocycles. The Kier molecular flexibility index (Phi) is 5.33. The molecule has 0 spiro atoms. The van der Waals surface area contributed by atoms with Crippen LogP contribution in [0.15, 0.2) is 24.5 Å². The predicted molar refractivity (Wildman–Crippen MR) is 75.5 cm³/mol. The summed E-state index contributed by atoms with van der Waals surface area (Å²) in [6.07, 6.45) is 7.56. The van der Waals surface area contributed by atoms with Gasteiger partial charge in [-0.2, -0.15) is 11.8 Å². The highest BCUT2D eigenvalue weighted by Crippen LogP contribution is 2.27. The molecule has 1 aromatic rings. The zero-order valence-electron chi connectivity index (χ0n) is 10.6. The Morgan fingerprint density at radius 3 is 3.18 bits per heavy atom. The predicted octanol–water partition coefficient (Wildman–Crippen LogP) is 2.75. The van der Waals surface area contributed by atoms with Gasteiger partial charge in [-0.1, -0.05) is 13.0 Å². The van der Waals surface area contributed by atoms with E-state index < -0.39 is 0 Å². The molecule has 94 valence electrons. The van der Waals surface area contributed by atoms with Crippen LogP contribution in [-0.2, 0) is 6.42 Å². The van der Waals surface area contributed by atoms with Crippen LogP contribution in [0.4, 0.5) is 0 Å². The molecular formula is C14H22N2S. The van der Waals surface area contributed by atoms with Gasteiger partial charge >= 0.3 is 0 Å². The van der Waals surface area contributed by atoms with Crippen molar-refractivity contribution in [2.75, 3.05) is 18.1 Å². The first kappa shape index (κ1) is 12.9. The van der Waals surface area contributed by atoms with Gasteiger partial charge in [-0.15, -0.1) is 0 Å². The van der Waals surface area contributed by atoms with E-state index in [1.165, 1.54) is 29.9 Å². The van der Waals surface area contributed by atoms with Crippen LogP contribution in [0.25, 0.3) is 0 Å². The average Bonchev–Trinajstić information content (AvgIpc) is 2.89. The Bertz CT molecular complexity index is 309. The number of nitrogens with one attached hydrogen (secondary N) is 1. The molecule has 0 saturated carbocycles. The van der Waals surface area contributed by atoms with Gasteiger partial charge in [0.05, 0.1) is 0 Å². The summed E-state index contributed by atoms with van der Waals surface area (Å²) in [5.41, 5.74) is 1.36. The van der Waals surface area contributed by atoms with Crippen LogP contribution in [0.2, 0.25) is 0 Å². The Labute approximate surface area is 109 Å². The van der Waals surface area contributed by atoms with Crippen molar-refractivity contribution in [1.82, 2.24) is 10.3 Å². The summed E-state index contributed by atoms with van der Waals surface area (Å²) in [5, 5.41) is 3.72. The summed E-state index contributed by atoms with van der Waals surface area (Å²) in [6.45, 7) is 3.36. The van der Waals surface area contributed by atoms with Crippen LogP contribution < -0.4 is 5.32 Å². The molecule has 2 rings (SSSR count). The maximum absolute atomic E-state index is 4.21. The van der Waals surface area contributed by atoms with E-state index in [2.05, 4.69) is 35.1 Å². The summed E-state index contributed by atoms with van der Waals surface area (Å²) >= 11 is 2.10. The number of thioether (sulfide) groups is 1. The van der Waals surface area contributed by atoms with Crippen LogP contribution in [0, 0.1) is 5.92 Å². The Balaban J connectivity index is 1.94. The van der Waals surface area contributed by atoms with Crippen LogP contribution in [0.1, 0.15) is 25.3 Å². The molecule has 0 amide bonds. The normalized spacial score (nSPS) is 21.6. The van der Waals surface area contributed by atoms with E-state index in [0.717, 1.165) is 18.9 Å². The Hall–Kier alpha value is -0.540. The van der Waals surface area contributed by atoms with E-state index in [1.54, 1.807) is 0 Å². The third-order valence-corrected chi connectivity index (χ3v) is 4.56. The zero-order chi connectivity index (χ0) is 11.9. The molecule has 0 aromatic carbocycles. The van der Waals surface area contributed by atoms with Gasteiger partial charge in [-0.05, 0) is 54.9 Å². The van der Waals surface area contributed by atoms with Gasteiger partial charge in [0.15, 0.2) is 0 Å². The number of pyridine rings is 1. The molecule has 0 radical (unpaired) electrons. The second kappa shape index (κ2) is 7.02. The lowest BCUT2D eigenvalue weighted by molar-refractivity contribution is 0.380. The van der Waals surface area contributed by atoms with E-state index in [0.29, 0.717) is 6.04 Å². The fourth-order valence-corrected chi connectivity index (χ4v) is 3.72. The fourth-order valence-electron chi connectivity index (χ4n) is 2.38. The van der Waals surface area contributed by atoms with Gasteiger partial charge in [-0.3, -0.25) is 4.98 Å². The van der Waals surface area contributed by atoms with Gasteiger partial charge in [0.25, 0.3) is 0 Å².